The molecule has 0 aromatic rings. The van der Waals surface area contributed by atoms with Gasteiger partial charge in [0.1, 0.15) is 0 Å². The van der Waals surface area contributed by atoms with Crippen molar-refractivity contribution in [2.24, 2.45) is 0 Å². The average Bonchev–Trinajstić information content (AvgIpc) is 2.62. The molecule has 0 aliphatic rings. The molecule has 0 aliphatic carbocycles. The van der Waals surface area contributed by atoms with E-state index in [1.54, 1.807) is 0 Å². The normalized spacial score (nSPS) is 7.97. The Bertz CT molecular complexity index is 436. The van der Waals surface area contributed by atoms with Crippen molar-refractivity contribution in [1.82, 2.24) is 0 Å². The predicted octanol–water partition coefficient (Wildman–Crippen LogP) is -8.76. The van der Waals surface area contributed by atoms with E-state index in [0.29, 0.717) is 0 Å². The molecule has 0 spiro atoms. The molecule has 0 saturated heterocycles. The first-order chi connectivity index (χ1) is 12.5. The zero-order chi connectivity index (χ0) is 21.8. The third kappa shape index (κ3) is 41.8. The minimum Gasteiger partial charge on any atom is -0.662 e. The molecule has 0 heterocycles. The van der Waals surface area contributed by atoms with Crippen molar-refractivity contribution in [1.29, 1.82) is 0 Å². The topological polar surface area (TPSA) is 268 Å². The molecule has 4 radical (unpaired) electrons. The van der Waals surface area contributed by atoms with Gasteiger partial charge in [0.25, 0.3) is 17.9 Å². The van der Waals surface area contributed by atoms with Gasteiger partial charge in [-0.2, -0.15) is 0 Å². The summed E-state index contributed by atoms with van der Waals surface area (Å²) >= 11 is 0. The fraction of sp³-hybridized carbons (Fsp3) is 0.500. The van der Waals surface area contributed by atoms with Crippen LogP contribution >= 0.6 is 0 Å². The van der Waals surface area contributed by atoms with E-state index in [4.69, 9.17) is 0 Å². The molecule has 0 aromatic carbocycles. The average molecular weight is 814 g/mol. The van der Waals surface area contributed by atoms with Gasteiger partial charge in [0.15, 0.2) is 0 Å². The van der Waals surface area contributed by atoms with Crippen molar-refractivity contribution in [2.75, 3.05) is 0 Å². The summed E-state index contributed by atoms with van der Waals surface area (Å²) in [4.78, 5) is 67.2. The Morgan fingerprint density at radius 2 is 0.621 bits per heavy atom. The Morgan fingerprint density at radius 3 is 0.724 bits per heavy atom. The molecule has 0 bridgehead atoms. The van der Waals surface area contributed by atoms with E-state index in [1.165, 1.54) is 0 Å². The quantitative estimate of drug-likeness (QED) is 0.119. The summed E-state index contributed by atoms with van der Waals surface area (Å²) in [5.41, 5.74) is 0. The molecule has 0 atom stereocenters. The Hall–Kier alpha value is -1.53. The minimum absolute atomic E-state index is 0. The van der Waals surface area contributed by atoms with Crippen LogP contribution in [0, 0.1) is 0 Å². The summed E-state index contributed by atoms with van der Waals surface area (Å²) in [7, 11) is 0. The molecule has 0 N–H and O–H groups in total. The van der Waals surface area contributed by atoms with E-state index in [0.717, 1.165) is 0 Å². The molecule has 0 amide bonds. The SMILES string of the molecule is O=C([O-])CCC(=O)O[O-].O=C([O-])CCC(=O)O[O-].O=C([O-])CCC(=O)O[O-].[Bi+3].[Bi+3]. The molecule has 160 valence electrons. The maximum absolute atomic E-state index is 9.89. The fourth-order valence-corrected chi connectivity index (χ4v) is 0.737. The first-order valence-corrected chi connectivity index (χ1v) is 6.57. The van der Waals surface area contributed by atoms with Crippen LogP contribution in [-0.2, 0) is 43.4 Å². The molecular weight excluding hydrogens is 802 g/mol. The summed E-state index contributed by atoms with van der Waals surface area (Å²) in [6, 6.07) is 0. The second kappa shape index (κ2) is 26.5. The number of carboxylic acid groups (broad SMARTS) is 3. The molecule has 17 heteroatoms. The predicted molar refractivity (Wildman–Crippen MR) is 72.5 cm³/mol. The van der Waals surface area contributed by atoms with Gasteiger partial charge in [-0.15, -0.1) is 0 Å². The fourth-order valence-electron chi connectivity index (χ4n) is 0.737. The maximum atomic E-state index is 9.89. The first-order valence-electron chi connectivity index (χ1n) is 6.57. The van der Waals surface area contributed by atoms with E-state index in [9.17, 15) is 59.9 Å². The minimum atomic E-state index is -1.37. The number of rotatable bonds is 9. The maximum Gasteiger partial charge on any atom is 3.00 e. The largest absolute Gasteiger partial charge is 3.00 e. The molecule has 29 heavy (non-hydrogen) atoms. The van der Waals surface area contributed by atoms with Crippen LogP contribution in [0.15, 0.2) is 0 Å². The number of hydrogen-bond acceptors (Lipinski definition) is 15. The molecule has 0 aromatic heterocycles. The number of hydrogen-bond donors (Lipinski definition) is 0. The van der Waals surface area contributed by atoms with Crippen LogP contribution in [-0.4, -0.2) is 88.2 Å². The van der Waals surface area contributed by atoms with Gasteiger partial charge in [0, 0.05) is 17.9 Å². The van der Waals surface area contributed by atoms with Gasteiger partial charge in [-0.1, -0.05) is 0 Å². The molecule has 0 rings (SSSR count). The second-order valence-corrected chi connectivity index (χ2v) is 3.98. The summed E-state index contributed by atoms with van der Waals surface area (Å²) < 4.78 is 0. The van der Waals surface area contributed by atoms with Crippen LogP contribution in [0.4, 0.5) is 0 Å². The molecular formula is C12H12Bi2O15. The Labute approximate surface area is 200 Å². The van der Waals surface area contributed by atoms with Crippen LogP contribution < -0.4 is 31.1 Å². The zero-order valence-electron chi connectivity index (χ0n) is 14.3. The van der Waals surface area contributed by atoms with Gasteiger partial charge in [0.2, 0.25) is 0 Å². The van der Waals surface area contributed by atoms with Gasteiger partial charge in [-0.3, -0.25) is 14.4 Å². The molecule has 0 unspecified atom stereocenters. The Kier molecular flexibility index (Phi) is 34.8. The van der Waals surface area contributed by atoms with Gasteiger partial charge in [0.05, 0.1) is 19.3 Å². The van der Waals surface area contributed by atoms with Crippen LogP contribution in [0.3, 0.4) is 0 Å². The van der Waals surface area contributed by atoms with E-state index in [-0.39, 0.29) is 52.4 Å². The second-order valence-electron chi connectivity index (χ2n) is 3.98. The van der Waals surface area contributed by atoms with Crippen molar-refractivity contribution in [2.45, 2.75) is 38.5 Å². The molecule has 0 fully saturated rings. The van der Waals surface area contributed by atoms with Gasteiger partial charge in [-0.25, -0.2) is 0 Å². The summed E-state index contributed by atoms with van der Waals surface area (Å²) in [5, 5.41) is 56.3. The van der Waals surface area contributed by atoms with Crippen LogP contribution in [0.25, 0.3) is 0 Å². The van der Waals surface area contributed by atoms with Crippen molar-refractivity contribution >= 4 is 88.2 Å². The van der Waals surface area contributed by atoms with Crippen LogP contribution in [0.2, 0.25) is 0 Å². The number of aliphatic carboxylic acids is 3. The third-order valence-corrected chi connectivity index (χ3v) is 1.88. The molecule has 0 aliphatic heterocycles. The number of carboxylic acids is 3. The van der Waals surface area contributed by atoms with Crippen molar-refractivity contribution in [3.05, 3.63) is 0 Å². The van der Waals surface area contributed by atoms with Crippen molar-refractivity contribution in [3.63, 3.8) is 0 Å². The third-order valence-electron chi connectivity index (χ3n) is 1.88. The number of carbonyl (C=O) groups is 6. The van der Waals surface area contributed by atoms with E-state index in [1.807, 2.05) is 0 Å². The summed E-state index contributed by atoms with van der Waals surface area (Å²) in [6.07, 6.45) is -2.69. The van der Waals surface area contributed by atoms with Crippen LogP contribution in [0.1, 0.15) is 38.5 Å². The monoisotopic (exact) mass is 814 g/mol. The first kappa shape index (κ1) is 38.1. The van der Waals surface area contributed by atoms with Crippen LogP contribution in [0.5, 0.6) is 0 Å². The van der Waals surface area contributed by atoms with E-state index < -0.39 is 74.3 Å². The van der Waals surface area contributed by atoms with Gasteiger partial charge in [-0.05, 0) is 19.3 Å². The van der Waals surface area contributed by atoms with Crippen molar-refractivity contribution in [3.8, 4) is 0 Å². The molecule has 0 saturated carbocycles. The van der Waals surface area contributed by atoms with Gasteiger partial charge < -0.3 is 60.1 Å². The van der Waals surface area contributed by atoms with E-state index in [2.05, 4.69) is 14.7 Å². The number of carbonyl (C=O) groups excluding carboxylic acids is 6. The van der Waals surface area contributed by atoms with E-state index >= 15 is 0 Å². The zero-order valence-corrected chi connectivity index (χ0v) is 21.2. The standard InChI is InChI=1S/3C4H6O5.2Bi/c3*5-3(6)1-2-4(7)9-8;;/h3*8H,1-2H2,(H,5,6);;/q;;;2*+3/p-6. The Balaban J connectivity index is -0.0000000960. The summed E-state index contributed by atoms with van der Waals surface area (Å²) in [6.45, 7) is 0. The molecule has 15 nitrogen and oxygen atoms in total. The summed E-state index contributed by atoms with van der Waals surface area (Å²) in [5.74, 6) is -7.38. The smallest absolute Gasteiger partial charge is 0.662 e. The Morgan fingerprint density at radius 1 is 0.448 bits per heavy atom. The van der Waals surface area contributed by atoms with Crippen molar-refractivity contribution < 1.29 is 74.5 Å². The van der Waals surface area contributed by atoms with Gasteiger partial charge >= 0.3 is 52.4 Å².